The zero-order valence-corrected chi connectivity index (χ0v) is 11.0. The third kappa shape index (κ3) is 1.25. The summed E-state index contributed by atoms with van der Waals surface area (Å²) in [5, 5.41) is 1.91. The van der Waals surface area contributed by atoms with Gasteiger partial charge >= 0.3 is 0 Å². The molecule has 2 aliphatic rings. The van der Waals surface area contributed by atoms with Gasteiger partial charge in [-0.3, -0.25) is 14.9 Å². The lowest BCUT2D eigenvalue weighted by Gasteiger charge is -2.20. The van der Waals surface area contributed by atoms with E-state index in [-0.39, 0.29) is 0 Å². The van der Waals surface area contributed by atoms with Crippen molar-refractivity contribution >= 4 is 22.9 Å². The molecule has 20 heavy (non-hydrogen) atoms. The molecule has 1 aliphatic carbocycles. The number of thioether (sulfide) groups is 1. The second-order valence-electron chi connectivity index (χ2n) is 4.76. The summed E-state index contributed by atoms with van der Waals surface area (Å²) in [6.07, 6.45) is 0. The Morgan fingerprint density at radius 1 is 1.00 bits per heavy atom. The van der Waals surface area contributed by atoms with Gasteiger partial charge in [0.15, 0.2) is 4.75 Å². The lowest BCUT2D eigenvalue weighted by molar-refractivity contribution is -0.120. The maximum Gasteiger partial charge on any atom is 0.287 e. The molecule has 1 heterocycles. The molecule has 2 aromatic carbocycles. The van der Waals surface area contributed by atoms with Crippen LogP contribution >= 0.6 is 11.8 Å². The van der Waals surface area contributed by atoms with Crippen LogP contribution in [0.5, 0.6) is 0 Å². The summed E-state index contributed by atoms with van der Waals surface area (Å²) in [7, 11) is 0. The average Bonchev–Trinajstić information content (AvgIpc) is 2.88. The van der Waals surface area contributed by atoms with Crippen molar-refractivity contribution in [2.24, 2.45) is 0 Å². The van der Waals surface area contributed by atoms with E-state index in [1.165, 1.54) is 12.1 Å². The Labute approximate surface area is 118 Å². The van der Waals surface area contributed by atoms with Gasteiger partial charge in [-0.25, -0.2) is 4.39 Å². The average molecular weight is 285 g/mol. The number of hydrogen-bond acceptors (Lipinski definition) is 3. The molecule has 4 rings (SSSR count). The van der Waals surface area contributed by atoms with Gasteiger partial charge < -0.3 is 0 Å². The molecule has 0 aromatic heterocycles. The summed E-state index contributed by atoms with van der Waals surface area (Å²) in [5.41, 5.74) is 2.97. The number of nitrogens with one attached hydrogen (secondary N) is 1. The second kappa shape index (κ2) is 3.70. The zero-order chi connectivity index (χ0) is 13.9. The molecular formula is C15H8FNO2S. The molecule has 0 bridgehead atoms. The van der Waals surface area contributed by atoms with Crippen molar-refractivity contribution in [2.75, 3.05) is 0 Å². The summed E-state index contributed by atoms with van der Waals surface area (Å²) >= 11 is 0.911. The zero-order valence-electron chi connectivity index (χ0n) is 10.1. The number of fused-ring (bicyclic) bond motifs is 5. The van der Waals surface area contributed by atoms with Crippen molar-refractivity contribution in [3.63, 3.8) is 0 Å². The Morgan fingerprint density at radius 3 is 2.50 bits per heavy atom. The number of hydrogen-bond donors (Lipinski definition) is 1. The van der Waals surface area contributed by atoms with E-state index in [4.69, 9.17) is 0 Å². The highest BCUT2D eigenvalue weighted by Gasteiger charge is 2.56. The smallest absolute Gasteiger partial charge is 0.285 e. The maximum atomic E-state index is 13.6. The van der Waals surface area contributed by atoms with Crippen molar-refractivity contribution in [2.45, 2.75) is 4.75 Å². The third-order valence-corrected chi connectivity index (χ3v) is 4.96. The molecule has 1 N–H and O–H groups in total. The van der Waals surface area contributed by atoms with Crippen LogP contribution in [0.25, 0.3) is 11.1 Å². The molecule has 1 unspecified atom stereocenters. The van der Waals surface area contributed by atoms with E-state index < -0.39 is 21.7 Å². The van der Waals surface area contributed by atoms with E-state index in [0.29, 0.717) is 5.56 Å². The van der Waals surface area contributed by atoms with Gasteiger partial charge in [-0.1, -0.05) is 30.3 Å². The number of halogens is 1. The van der Waals surface area contributed by atoms with Gasteiger partial charge in [0, 0.05) is 0 Å². The molecular weight excluding hydrogens is 277 g/mol. The van der Waals surface area contributed by atoms with E-state index in [9.17, 15) is 14.0 Å². The van der Waals surface area contributed by atoms with Gasteiger partial charge in [0.2, 0.25) is 0 Å². The van der Waals surface area contributed by atoms with Gasteiger partial charge in [0.1, 0.15) is 5.82 Å². The van der Waals surface area contributed by atoms with Gasteiger partial charge in [0.05, 0.1) is 0 Å². The summed E-state index contributed by atoms with van der Waals surface area (Å²) < 4.78 is 12.5. The molecule has 1 saturated heterocycles. The van der Waals surface area contributed by atoms with E-state index in [2.05, 4.69) is 5.32 Å². The highest BCUT2D eigenvalue weighted by molar-refractivity contribution is 8.15. The fourth-order valence-electron chi connectivity index (χ4n) is 2.96. The minimum absolute atomic E-state index is 0.399. The largest absolute Gasteiger partial charge is 0.287 e. The number of carbonyl (C=O) groups is 2. The minimum Gasteiger partial charge on any atom is -0.285 e. The summed E-state index contributed by atoms with van der Waals surface area (Å²) in [6, 6.07) is 11.8. The summed E-state index contributed by atoms with van der Waals surface area (Å²) in [6.45, 7) is 0. The second-order valence-corrected chi connectivity index (χ2v) is 5.95. The Balaban J connectivity index is 2.12. The van der Waals surface area contributed by atoms with Crippen molar-refractivity contribution in [3.05, 3.63) is 59.4 Å². The quantitative estimate of drug-likeness (QED) is 0.809. The van der Waals surface area contributed by atoms with E-state index >= 15 is 0 Å². The highest BCUT2D eigenvalue weighted by Crippen LogP contribution is 2.57. The first-order valence-electron chi connectivity index (χ1n) is 6.07. The number of rotatable bonds is 0. The molecule has 2 aromatic rings. The van der Waals surface area contributed by atoms with Crippen LogP contribution in [0.15, 0.2) is 42.5 Å². The third-order valence-electron chi connectivity index (χ3n) is 3.74. The van der Waals surface area contributed by atoms with E-state index in [1.807, 2.05) is 24.3 Å². The van der Waals surface area contributed by atoms with Crippen molar-refractivity contribution in [1.82, 2.24) is 5.32 Å². The van der Waals surface area contributed by atoms with Crippen molar-refractivity contribution in [1.29, 1.82) is 0 Å². The van der Waals surface area contributed by atoms with Crippen LogP contribution in [0.3, 0.4) is 0 Å². The van der Waals surface area contributed by atoms with Crippen LogP contribution in [0, 0.1) is 5.82 Å². The molecule has 1 fully saturated rings. The molecule has 0 radical (unpaired) electrons. The Morgan fingerprint density at radius 2 is 1.75 bits per heavy atom. The summed E-state index contributed by atoms with van der Waals surface area (Å²) in [5.74, 6) is -0.812. The normalized spacial score (nSPS) is 22.9. The fraction of sp³-hybridized carbons (Fsp3) is 0.0667. The predicted octanol–water partition coefficient (Wildman–Crippen LogP) is 3.03. The monoisotopic (exact) mass is 285 g/mol. The molecule has 98 valence electrons. The number of imide groups is 1. The number of amides is 2. The number of benzene rings is 2. The van der Waals surface area contributed by atoms with Crippen LogP contribution in [0.2, 0.25) is 0 Å². The van der Waals surface area contributed by atoms with Gasteiger partial charge in [-0.2, -0.15) is 0 Å². The molecule has 0 saturated carbocycles. The van der Waals surface area contributed by atoms with Crippen LogP contribution in [0.4, 0.5) is 9.18 Å². The molecule has 1 spiro atoms. The lowest BCUT2D eigenvalue weighted by Crippen LogP contribution is -2.33. The Kier molecular flexibility index (Phi) is 2.16. The van der Waals surface area contributed by atoms with Crippen molar-refractivity contribution in [3.8, 4) is 11.1 Å². The maximum absolute atomic E-state index is 13.6. The first kappa shape index (κ1) is 11.7. The van der Waals surface area contributed by atoms with Crippen LogP contribution in [-0.4, -0.2) is 11.1 Å². The van der Waals surface area contributed by atoms with Gasteiger partial charge in [-0.05, 0) is 46.1 Å². The molecule has 5 heteroatoms. The standard InChI is InChI=1S/C15H8FNO2S/c16-8-5-6-10-9-3-1-2-4-11(9)15(12(10)7-8)13(18)17-14(19)20-15/h1-7H,(H,17,18,19). The van der Waals surface area contributed by atoms with Gasteiger partial charge in [0.25, 0.3) is 11.1 Å². The minimum atomic E-state index is -1.15. The lowest BCUT2D eigenvalue weighted by atomic mass is 9.95. The Bertz CT molecular complexity index is 789. The molecule has 3 nitrogen and oxygen atoms in total. The first-order valence-corrected chi connectivity index (χ1v) is 6.89. The fourth-order valence-corrected chi connectivity index (χ4v) is 4.09. The van der Waals surface area contributed by atoms with Crippen LogP contribution in [0.1, 0.15) is 11.1 Å². The number of carbonyl (C=O) groups excluding carboxylic acids is 2. The topological polar surface area (TPSA) is 46.2 Å². The van der Waals surface area contributed by atoms with Crippen LogP contribution < -0.4 is 5.32 Å². The summed E-state index contributed by atoms with van der Waals surface area (Å²) in [4.78, 5) is 24.0. The van der Waals surface area contributed by atoms with Crippen LogP contribution in [-0.2, 0) is 9.54 Å². The SMILES string of the molecule is O=C1NC(=O)C2(S1)c1ccccc1-c1ccc(F)cc12. The molecule has 1 atom stereocenters. The van der Waals surface area contributed by atoms with E-state index in [0.717, 1.165) is 28.5 Å². The predicted molar refractivity (Wildman–Crippen MR) is 73.7 cm³/mol. The van der Waals surface area contributed by atoms with Crippen molar-refractivity contribution < 1.29 is 14.0 Å². The Hall–Kier alpha value is -2.14. The van der Waals surface area contributed by atoms with Gasteiger partial charge in [-0.15, -0.1) is 0 Å². The highest BCUT2D eigenvalue weighted by atomic mass is 32.2. The molecule has 2 amide bonds. The molecule has 1 aliphatic heterocycles. The van der Waals surface area contributed by atoms with E-state index in [1.54, 1.807) is 6.07 Å². The first-order chi connectivity index (χ1) is 9.63.